The van der Waals surface area contributed by atoms with Gasteiger partial charge in [0.2, 0.25) is 5.88 Å². The number of ether oxygens (including phenoxy) is 1. The van der Waals surface area contributed by atoms with E-state index in [2.05, 4.69) is 25.9 Å². The third kappa shape index (κ3) is 3.57. The van der Waals surface area contributed by atoms with Gasteiger partial charge in [0, 0.05) is 16.6 Å². The SMILES string of the molecule is CSc1nc(Cl)cc(Oc2cc(F)cc(Br)c2)n1. The quantitative estimate of drug-likeness (QED) is 0.463. The van der Waals surface area contributed by atoms with E-state index >= 15 is 0 Å². The lowest BCUT2D eigenvalue weighted by molar-refractivity contribution is 0.451. The molecular weight excluding hydrogens is 343 g/mol. The number of thioether (sulfide) groups is 1. The summed E-state index contributed by atoms with van der Waals surface area (Å²) in [4.78, 5) is 8.10. The molecule has 0 amide bonds. The normalized spacial score (nSPS) is 10.4. The van der Waals surface area contributed by atoms with Crippen LogP contribution in [-0.2, 0) is 0 Å². The molecule has 0 unspecified atom stereocenters. The molecule has 0 fully saturated rings. The van der Waals surface area contributed by atoms with E-state index in [-0.39, 0.29) is 11.0 Å². The third-order valence-corrected chi connectivity index (χ3v) is 3.09. The van der Waals surface area contributed by atoms with E-state index in [9.17, 15) is 4.39 Å². The molecule has 2 rings (SSSR count). The van der Waals surface area contributed by atoms with Gasteiger partial charge in [-0.2, -0.15) is 4.98 Å². The molecule has 0 spiro atoms. The van der Waals surface area contributed by atoms with Crippen LogP contribution >= 0.6 is 39.3 Å². The zero-order valence-electron chi connectivity index (χ0n) is 9.15. The molecule has 0 aliphatic carbocycles. The summed E-state index contributed by atoms with van der Waals surface area (Å²) in [7, 11) is 0. The van der Waals surface area contributed by atoms with Gasteiger partial charge >= 0.3 is 0 Å². The van der Waals surface area contributed by atoms with Crippen LogP contribution in [0.2, 0.25) is 5.15 Å². The van der Waals surface area contributed by atoms with Crippen LogP contribution in [-0.4, -0.2) is 16.2 Å². The van der Waals surface area contributed by atoms with Crippen LogP contribution in [0.4, 0.5) is 4.39 Å². The van der Waals surface area contributed by atoms with Crippen molar-refractivity contribution >= 4 is 39.3 Å². The number of halogens is 3. The summed E-state index contributed by atoms with van der Waals surface area (Å²) in [6, 6.07) is 5.71. The van der Waals surface area contributed by atoms with E-state index in [1.165, 1.54) is 30.0 Å². The van der Waals surface area contributed by atoms with E-state index < -0.39 is 5.82 Å². The van der Waals surface area contributed by atoms with Gasteiger partial charge in [-0.1, -0.05) is 39.3 Å². The van der Waals surface area contributed by atoms with Gasteiger partial charge < -0.3 is 4.74 Å². The second-order valence-electron chi connectivity index (χ2n) is 3.22. The first-order valence-electron chi connectivity index (χ1n) is 4.79. The molecule has 7 heteroatoms. The van der Waals surface area contributed by atoms with E-state index in [0.29, 0.717) is 15.4 Å². The lowest BCUT2D eigenvalue weighted by Gasteiger charge is -2.06. The maximum absolute atomic E-state index is 13.2. The van der Waals surface area contributed by atoms with E-state index in [1.807, 2.05) is 6.26 Å². The molecule has 0 saturated carbocycles. The Morgan fingerprint density at radius 3 is 2.72 bits per heavy atom. The Labute approximate surface area is 121 Å². The van der Waals surface area contributed by atoms with E-state index in [4.69, 9.17) is 16.3 Å². The predicted molar refractivity (Wildman–Crippen MR) is 73.0 cm³/mol. The molecule has 1 heterocycles. The highest BCUT2D eigenvalue weighted by Crippen LogP contribution is 2.27. The van der Waals surface area contributed by atoms with Gasteiger partial charge in [-0.25, -0.2) is 9.37 Å². The molecule has 0 bridgehead atoms. The summed E-state index contributed by atoms with van der Waals surface area (Å²) in [5, 5.41) is 0.771. The Morgan fingerprint density at radius 1 is 1.28 bits per heavy atom. The van der Waals surface area contributed by atoms with Crippen molar-refractivity contribution < 1.29 is 9.13 Å². The monoisotopic (exact) mass is 348 g/mol. The first kappa shape index (κ1) is 13.6. The van der Waals surface area contributed by atoms with Gasteiger partial charge in [-0.05, 0) is 18.4 Å². The number of nitrogens with zero attached hydrogens (tertiary/aromatic N) is 2. The van der Waals surface area contributed by atoms with Crippen molar-refractivity contribution in [1.82, 2.24) is 9.97 Å². The van der Waals surface area contributed by atoms with Crippen LogP contribution in [0.1, 0.15) is 0 Å². The molecule has 1 aromatic heterocycles. The molecular formula is C11H7BrClFN2OS. The molecule has 0 N–H and O–H groups in total. The fourth-order valence-corrected chi connectivity index (χ4v) is 2.27. The highest BCUT2D eigenvalue weighted by molar-refractivity contribution is 9.10. The van der Waals surface area contributed by atoms with Crippen molar-refractivity contribution in [3.63, 3.8) is 0 Å². The minimum absolute atomic E-state index is 0.275. The minimum atomic E-state index is -0.399. The Bertz CT molecular complexity index is 565. The molecule has 0 aliphatic rings. The smallest absolute Gasteiger partial charge is 0.224 e. The molecule has 0 atom stereocenters. The fourth-order valence-electron chi connectivity index (χ4n) is 1.23. The van der Waals surface area contributed by atoms with E-state index in [1.54, 1.807) is 6.07 Å². The van der Waals surface area contributed by atoms with Gasteiger partial charge in [-0.15, -0.1) is 0 Å². The molecule has 2 aromatic rings. The average Bonchev–Trinajstić information content (AvgIpc) is 2.26. The first-order chi connectivity index (χ1) is 8.56. The Morgan fingerprint density at radius 2 is 2.06 bits per heavy atom. The van der Waals surface area contributed by atoms with Crippen LogP contribution < -0.4 is 4.74 Å². The van der Waals surface area contributed by atoms with Gasteiger partial charge in [0.25, 0.3) is 0 Å². The number of aromatic nitrogens is 2. The van der Waals surface area contributed by atoms with Crippen molar-refractivity contribution in [3.8, 4) is 11.6 Å². The zero-order valence-corrected chi connectivity index (χ0v) is 12.3. The summed E-state index contributed by atoms with van der Waals surface area (Å²) >= 11 is 10.4. The van der Waals surface area contributed by atoms with Crippen molar-refractivity contribution in [1.29, 1.82) is 0 Å². The highest BCUT2D eigenvalue weighted by atomic mass is 79.9. The van der Waals surface area contributed by atoms with Crippen LogP contribution in [0.15, 0.2) is 33.9 Å². The summed E-state index contributed by atoms with van der Waals surface area (Å²) in [5.41, 5.74) is 0. The van der Waals surface area contributed by atoms with Crippen molar-refractivity contribution in [2.45, 2.75) is 5.16 Å². The van der Waals surface area contributed by atoms with Crippen LogP contribution in [0, 0.1) is 5.82 Å². The first-order valence-corrected chi connectivity index (χ1v) is 7.19. The van der Waals surface area contributed by atoms with Gasteiger partial charge in [-0.3, -0.25) is 0 Å². The highest BCUT2D eigenvalue weighted by Gasteiger charge is 2.06. The predicted octanol–water partition coefficient (Wildman–Crippen LogP) is 4.55. The van der Waals surface area contributed by atoms with Crippen molar-refractivity contribution in [2.75, 3.05) is 6.26 Å². The van der Waals surface area contributed by atoms with Crippen molar-refractivity contribution in [2.24, 2.45) is 0 Å². The lowest BCUT2D eigenvalue weighted by atomic mass is 10.3. The summed E-state index contributed by atoms with van der Waals surface area (Å²) in [5.74, 6) is 0.213. The summed E-state index contributed by atoms with van der Waals surface area (Å²) < 4.78 is 19.2. The molecule has 0 aliphatic heterocycles. The maximum Gasteiger partial charge on any atom is 0.224 e. The summed E-state index contributed by atoms with van der Waals surface area (Å²) in [6.45, 7) is 0. The average molecular weight is 350 g/mol. The second-order valence-corrected chi connectivity index (χ2v) is 5.30. The Balaban J connectivity index is 2.30. The Kier molecular flexibility index (Phi) is 4.42. The summed E-state index contributed by atoms with van der Waals surface area (Å²) in [6.07, 6.45) is 1.83. The number of hydrogen-bond donors (Lipinski definition) is 0. The maximum atomic E-state index is 13.2. The molecule has 0 saturated heterocycles. The second kappa shape index (κ2) is 5.86. The Hall–Kier alpha value is -0.850. The molecule has 1 aromatic carbocycles. The van der Waals surface area contributed by atoms with E-state index in [0.717, 1.165) is 0 Å². The lowest BCUT2D eigenvalue weighted by Crippen LogP contribution is -1.93. The minimum Gasteiger partial charge on any atom is -0.439 e. The molecule has 3 nitrogen and oxygen atoms in total. The van der Waals surface area contributed by atoms with Gasteiger partial charge in [0.1, 0.15) is 16.7 Å². The largest absolute Gasteiger partial charge is 0.439 e. The zero-order chi connectivity index (χ0) is 13.1. The van der Waals surface area contributed by atoms with Gasteiger partial charge in [0.05, 0.1) is 0 Å². The van der Waals surface area contributed by atoms with Gasteiger partial charge in [0.15, 0.2) is 5.16 Å². The number of benzene rings is 1. The standard InChI is InChI=1S/C11H7BrClFN2OS/c1-18-11-15-9(13)5-10(16-11)17-8-3-6(12)2-7(14)4-8/h2-5H,1H3. The number of rotatable bonds is 3. The third-order valence-electron chi connectivity index (χ3n) is 1.89. The van der Waals surface area contributed by atoms with Crippen LogP contribution in [0.5, 0.6) is 11.6 Å². The fraction of sp³-hybridized carbons (Fsp3) is 0.0909. The van der Waals surface area contributed by atoms with Crippen LogP contribution in [0.25, 0.3) is 0 Å². The molecule has 18 heavy (non-hydrogen) atoms. The number of hydrogen-bond acceptors (Lipinski definition) is 4. The van der Waals surface area contributed by atoms with Crippen LogP contribution in [0.3, 0.4) is 0 Å². The van der Waals surface area contributed by atoms with Crippen molar-refractivity contribution in [3.05, 3.63) is 39.7 Å². The molecule has 0 radical (unpaired) electrons. The molecule has 94 valence electrons. The topological polar surface area (TPSA) is 35.0 Å².